The van der Waals surface area contributed by atoms with E-state index >= 15 is 0 Å². The fourth-order valence-corrected chi connectivity index (χ4v) is 3.66. The molecule has 0 aliphatic carbocycles. The number of aryl methyl sites for hydroxylation is 2. The highest BCUT2D eigenvalue weighted by Gasteiger charge is 2.21. The van der Waals surface area contributed by atoms with Gasteiger partial charge in [0.25, 0.3) is 5.91 Å². The van der Waals surface area contributed by atoms with Crippen molar-refractivity contribution in [2.45, 2.75) is 32.2 Å². The van der Waals surface area contributed by atoms with Crippen LogP contribution in [-0.4, -0.2) is 36.7 Å². The summed E-state index contributed by atoms with van der Waals surface area (Å²) in [6.45, 7) is 5.50. The standard InChI is InChI=1S/C22H24N4O5S/c1-14-4-6-17(7-5-14)12-26-16(3)21(15(2)25-26)22(28)31-13-20(27)24-18-8-10-19(11-9-18)32(23,29)30/h4-11H,12-13H2,1-3H3,(H,24,27)(H2,23,29,30). The van der Waals surface area contributed by atoms with Crippen LogP contribution >= 0.6 is 0 Å². The molecular weight excluding hydrogens is 432 g/mol. The molecule has 10 heteroatoms. The third-order valence-electron chi connectivity index (χ3n) is 4.84. The molecule has 0 atom stereocenters. The van der Waals surface area contributed by atoms with Crippen LogP contribution in [0.1, 0.15) is 32.9 Å². The van der Waals surface area contributed by atoms with Gasteiger partial charge in [0.2, 0.25) is 10.0 Å². The van der Waals surface area contributed by atoms with Crippen LogP contribution in [0.3, 0.4) is 0 Å². The minimum absolute atomic E-state index is 0.0736. The van der Waals surface area contributed by atoms with E-state index in [4.69, 9.17) is 9.88 Å². The van der Waals surface area contributed by atoms with Crippen LogP contribution < -0.4 is 10.5 Å². The van der Waals surface area contributed by atoms with Gasteiger partial charge in [0.05, 0.1) is 22.8 Å². The molecule has 0 bridgehead atoms. The highest BCUT2D eigenvalue weighted by atomic mass is 32.2. The lowest BCUT2D eigenvalue weighted by molar-refractivity contribution is -0.119. The van der Waals surface area contributed by atoms with Gasteiger partial charge < -0.3 is 10.1 Å². The Kier molecular flexibility index (Phi) is 6.75. The van der Waals surface area contributed by atoms with Gasteiger partial charge in [-0.2, -0.15) is 5.10 Å². The molecule has 3 N–H and O–H groups in total. The molecule has 0 aliphatic rings. The number of amides is 1. The lowest BCUT2D eigenvalue weighted by atomic mass is 10.1. The zero-order valence-corrected chi connectivity index (χ0v) is 18.8. The van der Waals surface area contributed by atoms with Crippen molar-refractivity contribution in [3.63, 3.8) is 0 Å². The first-order valence-electron chi connectivity index (χ1n) is 9.74. The average Bonchev–Trinajstić information content (AvgIpc) is 3.00. The van der Waals surface area contributed by atoms with Crippen LogP contribution in [0, 0.1) is 20.8 Å². The van der Waals surface area contributed by atoms with E-state index in [2.05, 4.69) is 10.4 Å². The number of esters is 1. The Morgan fingerprint density at radius 2 is 1.66 bits per heavy atom. The van der Waals surface area contributed by atoms with Crippen LogP contribution in [0.2, 0.25) is 0 Å². The largest absolute Gasteiger partial charge is 0.452 e. The van der Waals surface area contributed by atoms with Crippen molar-refractivity contribution < 1.29 is 22.7 Å². The number of hydrogen-bond acceptors (Lipinski definition) is 6. The number of carbonyl (C=O) groups is 2. The summed E-state index contributed by atoms with van der Waals surface area (Å²) in [5.41, 5.74) is 4.03. The second-order valence-corrected chi connectivity index (χ2v) is 8.94. The number of nitrogens with zero attached hydrogens (tertiary/aromatic N) is 2. The zero-order chi connectivity index (χ0) is 23.5. The maximum Gasteiger partial charge on any atom is 0.342 e. The predicted molar refractivity (Wildman–Crippen MR) is 119 cm³/mol. The molecule has 0 unspecified atom stereocenters. The molecule has 3 aromatic rings. The monoisotopic (exact) mass is 456 g/mol. The summed E-state index contributed by atoms with van der Waals surface area (Å²) in [5, 5.41) is 12.0. The summed E-state index contributed by atoms with van der Waals surface area (Å²) >= 11 is 0. The first kappa shape index (κ1) is 23.2. The van der Waals surface area contributed by atoms with E-state index in [-0.39, 0.29) is 4.90 Å². The van der Waals surface area contributed by atoms with Gasteiger partial charge in [0, 0.05) is 5.69 Å². The van der Waals surface area contributed by atoms with Gasteiger partial charge in [0.15, 0.2) is 6.61 Å². The topological polar surface area (TPSA) is 133 Å². The van der Waals surface area contributed by atoms with E-state index in [0.717, 1.165) is 11.1 Å². The molecule has 0 aliphatic heterocycles. The lowest BCUT2D eigenvalue weighted by Gasteiger charge is -2.08. The summed E-state index contributed by atoms with van der Waals surface area (Å²) in [4.78, 5) is 24.6. The van der Waals surface area contributed by atoms with Gasteiger partial charge in [-0.3, -0.25) is 9.48 Å². The normalized spacial score (nSPS) is 11.2. The van der Waals surface area contributed by atoms with Crippen LogP contribution in [0.15, 0.2) is 53.4 Å². The first-order chi connectivity index (χ1) is 15.0. The highest BCUT2D eigenvalue weighted by molar-refractivity contribution is 7.89. The molecule has 0 saturated carbocycles. The second-order valence-electron chi connectivity index (χ2n) is 7.38. The minimum Gasteiger partial charge on any atom is -0.452 e. The van der Waals surface area contributed by atoms with E-state index in [9.17, 15) is 18.0 Å². The number of nitrogens with two attached hydrogens (primary N) is 1. The third kappa shape index (κ3) is 5.59. The molecule has 1 aromatic heterocycles. The maximum absolute atomic E-state index is 12.6. The molecule has 0 spiro atoms. The molecule has 1 heterocycles. The molecule has 9 nitrogen and oxygen atoms in total. The number of rotatable bonds is 7. The Labute approximate surface area is 186 Å². The van der Waals surface area contributed by atoms with Crippen molar-refractivity contribution >= 4 is 27.6 Å². The van der Waals surface area contributed by atoms with Crippen molar-refractivity contribution in [1.82, 2.24) is 9.78 Å². The number of ether oxygens (including phenoxy) is 1. The Morgan fingerprint density at radius 3 is 2.25 bits per heavy atom. The van der Waals surface area contributed by atoms with Gasteiger partial charge in [-0.25, -0.2) is 18.4 Å². The zero-order valence-electron chi connectivity index (χ0n) is 18.0. The fraction of sp³-hybridized carbons (Fsp3) is 0.227. The molecule has 0 fully saturated rings. The van der Waals surface area contributed by atoms with Gasteiger partial charge >= 0.3 is 5.97 Å². The number of primary sulfonamides is 1. The summed E-state index contributed by atoms with van der Waals surface area (Å²) in [6.07, 6.45) is 0. The average molecular weight is 457 g/mol. The van der Waals surface area contributed by atoms with Crippen molar-refractivity contribution in [3.8, 4) is 0 Å². The number of aromatic nitrogens is 2. The van der Waals surface area contributed by atoms with E-state index < -0.39 is 28.5 Å². The maximum atomic E-state index is 12.6. The Hall–Kier alpha value is -3.50. The summed E-state index contributed by atoms with van der Waals surface area (Å²) in [6, 6.07) is 13.4. The number of carbonyl (C=O) groups excluding carboxylic acids is 2. The van der Waals surface area contributed by atoms with Crippen molar-refractivity contribution in [1.29, 1.82) is 0 Å². The quantitative estimate of drug-likeness (QED) is 0.524. The lowest BCUT2D eigenvalue weighted by Crippen LogP contribution is -2.21. The first-order valence-corrected chi connectivity index (χ1v) is 11.3. The second kappa shape index (κ2) is 9.33. The number of sulfonamides is 1. The molecule has 168 valence electrons. The van der Waals surface area contributed by atoms with Crippen LogP contribution in [0.25, 0.3) is 0 Å². The minimum atomic E-state index is -3.82. The molecular formula is C22H24N4O5S. The summed E-state index contributed by atoms with van der Waals surface area (Å²) < 4.78 is 29.4. The number of nitrogens with one attached hydrogen (secondary N) is 1. The molecule has 1 amide bonds. The molecule has 2 aromatic carbocycles. The number of hydrogen-bond donors (Lipinski definition) is 2. The van der Waals surface area contributed by atoms with Crippen molar-refractivity contribution in [3.05, 3.63) is 76.6 Å². The Bertz CT molecular complexity index is 1250. The number of anilines is 1. The molecule has 32 heavy (non-hydrogen) atoms. The Balaban J connectivity index is 1.61. The predicted octanol–water partition coefficient (Wildman–Crippen LogP) is 2.30. The number of benzene rings is 2. The third-order valence-corrected chi connectivity index (χ3v) is 5.77. The van der Waals surface area contributed by atoms with Gasteiger partial charge in [-0.1, -0.05) is 29.8 Å². The van der Waals surface area contributed by atoms with Gasteiger partial charge in [0.1, 0.15) is 5.56 Å². The summed E-state index contributed by atoms with van der Waals surface area (Å²) in [7, 11) is -3.82. The van der Waals surface area contributed by atoms with Crippen molar-refractivity contribution in [2.75, 3.05) is 11.9 Å². The summed E-state index contributed by atoms with van der Waals surface area (Å²) in [5.74, 6) is -1.21. The van der Waals surface area contributed by atoms with Crippen LogP contribution in [-0.2, 0) is 26.1 Å². The van der Waals surface area contributed by atoms with E-state index in [1.807, 2.05) is 31.2 Å². The smallest absolute Gasteiger partial charge is 0.342 e. The van der Waals surface area contributed by atoms with E-state index in [1.54, 1.807) is 18.5 Å². The molecule has 0 saturated heterocycles. The van der Waals surface area contributed by atoms with Gasteiger partial charge in [-0.15, -0.1) is 0 Å². The Morgan fingerprint density at radius 1 is 1.03 bits per heavy atom. The van der Waals surface area contributed by atoms with Gasteiger partial charge in [-0.05, 0) is 50.6 Å². The molecule has 0 radical (unpaired) electrons. The van der Waals surface area contributed by atoms with E-state index in [0.29, 0.717) is 29.2 Å². The van der Waals surface area contributed by atoms with Crippen LogP contribution in [0.5, 0.6) is 0 Å². The fourth-order valence-electron chi connectivity index (χ4n) is 3.14. The SMILES string of the molecule is Cc1ccc(Cn2nc(C)c(C(=O)OCC(=O)Nc3ccc(S(N)(=O)=O)cc3)c2C)cc1. The molecule has 3 rings (SSSR count). The van der Waals surface area contributed by atoms with E-state index in [1.165, 1.54) is 24.3 Å². The van der Waals surface area contributed by atoms with Crippen molar-refractivity contribution in [2.24, 2.45) is 5.14 Å². The highest BCUT2D eigenvalue weighted by Crippen LogP contribution is 2.17. The van der Waals surface area contributed by atoms with Crippen LogP contribution in [0.4, 0.5) is 5.69 Å².